The van der Waals surface area contributed by atoms with E-state index < -0.39 is 0 Å². The molecule has 2 aromatic carbocycles. The van der Waals surface area contributed by atoms with E-state index in [1.54, 1.807) is 0 Å². The Hall–Kier alpha value is -2.24. The van der Waals surface area contributed by atoms with Gasteiger partial charge in [0, 0.05) is 12.5 Å². The molecule has 0 aliphatic carbocycles. The third kappa shape index (κ3) is 2.94. The van der Waals surface area contributed by atoms with E-state index in [9.17, 15) is 0 Å². The summed E-state index contributed by atoms with van der Waals surface area (Å²) in [6.07, 6.45) is 6.39. The third-order valence-corrected chi connectivity index (χ3v) is 3.91. The lowest BCUT2D eigenvalue weighted by molar-refractivity contribution is 0.344. The van der Waals surface area contributed by atoms with E-state index in [1.807, 2.05) is 24.3 Å². The van der Waals surface area contributed by atoms with Gasteiger partial charge < -0.3 is 4.74 Å². The summed E-state index contributed by atoms with van der Waals surface area (Å²) >= 11 is 0. The molecule has 2 nitrogen and oxygen atoms in total. The number of ether oxygens (including phenoxy) is 1. The van der Waals surface area contributed by atoms with E-state index in [4.69, 9.17) is 11.2 Å². The van der Waals surface area contributed by atoms with E-state index >= 15 is 0 Å². The molecule has 21 heavy (non-hydrogen) atoms. The van der Waals surface area contributed by atoms with Crippen molar-refractivity contribution in [2.45, 2.75) is 12.3 Å². The van der Waals surface area contributed by atoms with Gasteiger partial charge in [-0.2, -0.15) is 0 Å². The zero-order chi connectivity index (χ0) is 14.7. The molecule has 0 radical (unpaired) electrons. The van der Waals surface area contributed by atoms with Crippen LogP contribution in [0.4, 0.5) is 0 Å². The van der Waals surface area contributed by atoms with Crippen LogP contribution in [0.15, 0.2) is 48.5 Å². The maximum atomic E-state index is 6.12. The van der Waals surface area contributed by atoms with E-state index in [1.165, 1.54) is 11.1 Å². The smallest absolute Gasteiger partial charge is 0.130 e. The van der Waals surface area contributed by atoms with Crippen LogP contribution in [0.25, 0.3) is 0 Å². The average molecular weight is 277 g/mol. The van der Waals surface area contributed by atoms with Crippen LogP contribution in [0.1, 0.15) is 17.0 Å². The van der Waals surface area contributed by atoms with Crippen molar-refractivity contribution < 1.29 is 4.74 Å². The Labute approximate surface area is 126 Å². The van der Waals surface area contributed by atoms with E-state index in [0.29, 0.717) is 12.5 Å². The van der Waals surface area contributed by atoms with Crippen LogP contribution < -0.4 is 4.74 Å². The van der Waals surface area contributed by atoms with Crippen LogP contribution in [0.5, 0.6) is 11.5 Å². The molecule has 2 aromatic rings. The molecule has 0 saturated heterocycles. The summed E-state index contributed by atoms with van der Waals surface area (Å²) in [6.45, 7) is 1.60. The van der Waals surface area contributed by atoms with E-state index in [0.717, 1.165) is 24.5 Å². The molecule has 106 valence electrons. The molecule has 1 aliphatic rings. The zero-order valence-electron chi connectivity index (χ0n) is 12.3. The standard InChI is InChI=1S/C19H19NO/c1-3-12-20(2)14-16-13-15-8-4-6-10-18(15)21-19-11-7-5-9-17(16)19/h1,4-11,16H,12-14H2,2H3. The predicted molar refractivity (Wildman–Crippen MR) is 85.7 cm³/mol. The first-order valence-corrected chi connectivity index (χ1v) is 7.24. The number of likely N-dealkylation sites (N-methyl/N-ethyl adjacent to an activating group) is 1. The highest BCUT2D eigenvalue weighted by atomic mass is 16.5. The van der Waals surface area contributed by atoms with E-state index in [2.05, 4.69) is 42.1 Å². The molecular weight excluding hydrogens is 258 g/mol. The van der Waals surface area contributed by atoms with Gasteiger partial charge in [-0.05, 0) is 36.7 Å². The van der Waals surface area contributed by atoms with Gasteiger partial charge in [-0.1, -0.05) is 42.3 Å². The number of fused-ring (bicyclic) bond motifs is 2. The Morgan fingerprint density at radius 2 is 1.86 bits per heavy atom. The monoisotopic (exact) mass is 277 g/mol. The molecule has 0 spiro atoms. The molecule has 0 N–H and O–H groups in total. The second kappa shape index (κ2) is 6.03. The number of hydrogen-bond donors (Lipinski definition) is 0. The van der Waals surface area contributed by atoms with Crippen LogP contribution in [0, 0.1) is 12.3 Å². The summed E-state index contributed by atoms with van der Waals surface area (Å²) in [7, 11) is 2.07. The van der Waals surface area contributed by atoms with Crippen molar-refractivity contribution in [3.63, 3.8) is 0 Å². The molecule has 0 amide bonds. The predicted octanol–water partition coefficient (Wildman–Crippen LogP) is 3.68. The van der Waals surface area contributed by atoms with Gasteiger partial charge in [-0.25, -0.2) is 0 Å². The van der Waals surface area contributed by atoms with Crippen molar-refractivity contribution in [1.82, 2.24) is 4.90 Å². The molecule has 0 fully saturated rings. The summed E-state index contributed by atoms with van der Waals surface area (Å²) in [5.74, 6) is 5.03. The van der Waals surface area contributed by atoms with Gasteiger partial charge in [0.2, 0.25) is 0 Å². The van der Waals surface area contributed by atoms with Crippen LogP contribution in [-0.4, -0.2) is 25.0 Å². The van der Waals surface area contributed by atoms with Gasteiger partial charge in [0.05, 0.1) is 6.54 Å². The van der Waals surface area contributed by atoms with Crippen molar-refractivity contribution >= 4 is 0 Å². The second-order valence-corrected chi connectivity index (χ2v) is 5.55. The maximum absolute atomic E-state index is 6.12. The first-order chi connectivity index (χ1) is 10.3. The van der Waals surface area contributed by atoms with Crippen LogP contribution >= 0.6 is 0 Å². The maximum Gasteiger partial charge on any atom is 0.130 e. The fraction of sp³-hybridized carbons (Fsp3) is 0.263. The molecule has 0 bridgehead atoms. The van der Waals surface area contributed by atoms with E-state index in [-0.39, 0.29) is 0 Å². The highest BCUT2D eigenvalue weighted by molar-refractivity contribution is 5.47. The highest BCUT2D eigenvalue weighted by Crippen LogP contribution is 2.39. The number of terminal acetylenes is 1. The van der Waals surface area contributed by atoms with Crippen molar-refractivity contribution in [2.24, 2.45) is 0 Å². The molecule has 3 rings (SSSR count). The lowest BCUT2D eigenvalue weighted by Gasteiger charge is -2.22. The first kappa shape index (κ1) is 13.7. The molecular formula is C19H19NO. The molecule has 1 unspecified atom stereocenters. The van der Waals surface area contributed by atoms with Gasteiger partial charge in [-0.15, -0.1) is 6.42 Å². The minimum absolute atomic E-state index is 0.392. The molecule has 0 saturated carbocycles. The Morgan fingerprint density at radius 3 is 2.67 bits per heavy atom. The van der Waals surface area contributed by atoms with Gasteiger partial charge in [0.1, 0.15) is 11.5 Å². The van der Waals surface area contributed by atoms with Gasteiger partial charge in [0.15, 0.2) is 0 Å². The summed E-state index contributed by atoms with van der Waals surface area (Å²) in [4.78, 5) is 2.19. The minimum atomic E-state index is 0.392. The van der Waals surface area contributed by atoms with Crippen LogP contribution in [-0.2, 0) is 6.42 Å². The summed E-state index contributed by atoms with van der Waals surface area (Å²) in [6, 6.07) is 16.6. The first-order valence-electron chi connectivity index (χ1n) is 7.24. The third-order valence-electron chi connectivity index (χ3n) is 3.91. The largest absolute Gasteiger partial charge is 0.457 e. The number of para-hydroxylation sites is 2. The fourth-order valence-electron chi connectivity index (χ4n) is 2.94. The zero-order valence-corrected chi connectivity index (χ0v) is 12.3. The molecule has 1 aliphatic heterocycles. The van der Waals surface area contributed by atoms with Gasteiger partial charge in [0.25, 0.3) is 0 Å². The molecule has 0 aromatic heterocycles. The van der Waals surface area contributed by atoms with Crippen molar-refractivity contribution in [2.75, 3.05) is 20.1 Å². The molecule has 1 atom stereocenters. The van der Waals surface area contributed by atoms with Crippen molar-refractivity contribution in [3.8, 4) is 23.8 Å². The molecule has 1 heterocycles. The number of benzene rings is 2. The van der Waals surface area contributed by atoms with Gasteiger partial charge in [-0.3, -0.25) is 4.90 Å². The van der Waals surface area contributed by atoms with Crippen LogP contribution in [0.3, 0.4) is 0 Å². The summed E-state index contributed by atoms with van der Waals surface area (Å²) < 4.78 is 6.12. The Kier molecular flexibility index (Phi) is 3.94. The second-order valence-electron chi connectivity index (χ2n) is 5.55. The van der Waals surface area contributed by atoms with Crippen molar-refractivity contribution in [1.29, 1.82) is 0 Å². The fourth-order valence-corrected chi connectivity index (χ4v) is 2.94. The lowest BCUT2D eigenvalue weighted by atomic mass is 9.91. The van der Waals surface area contributed by atoms with Crippen LogP contribution in [0.2, 0.25) is 0 Å². The topological polar surface area (TPSA) is 12.5 Å². The normalized spacial score (nSPS) is 16.3. The Morgan fingerprint density at radius 1 is 1.14 bits per heavy atom. The SMILES string of the molecule is C#CCN(C)CC1Cc2ccccc2Oc2ccccc21. The Balaban J connectivity index is 1.97. The lowest BCUT2D eigenvalue weighted by Crippen LogP contribution is -2.26. The molecule has 2 heteroatoms. The van der Waals surface area contributed by atoms with Crippen molar-refractivity contribution in [3.05, 3.63) is 59.7 Å². The average Bonchev–Trinajstić information content (AvgIpc) is 2.64. The number of hydrogen-bond acceptors (Lipinski definition) is 2. The number of nitrogens with zero attached hydrogens (tertiary/aromatic N) is 1. The van der Waals surface area contributed by atoms with Gasteiger partial charge >= 0.3 is 0 Å². The highest BCUT2D eigenvalue weighted by Gasteiger charge is 2.23. The summed E-state index contributed by atoms with van der Waals surface area (Å²) in [5, 5.41) is 0. The Bertz CT molecular complexity index is 671. The summed E-state index contributed by atoms with van der Waals surface area (Å²) in [5.41, 5.74) is 2.52. The quantitative estimate of drug-likeness (QED) is 0.793. The number of rotatable bonds is 3. The minimum Gasteiger partial charge on any atom is -0.457 e.